The van der Waals surface area contributed by atoms with Crippen LogP contribution in [0.5, 0.6) is 0 Å². The summed E-state index contributed by atoms with van der Waals surface area (Å²) >= 11 is 1.30. The van der Waals surface area contributed by atoms with Gasteiger partial charge in [0.2, 0.25) is 11.8 Å². The Morgan fingerprint density at radius 2 is 1.88 bits per heavy atom. The van der Waals surface area contributed by atoms with Crippen LogP contribution >= 0.6 is 11.8 Å². The van der Waals surface area contributed by atoms with E-state index in [0.29, 0.717) is 16.9 Å². The number of thioether (sulfide) groups is 1. The average Bonchev–Trinajstić information content (AvgIpc) is 3.31. The van der Waals surface area contributed by atoms with Gasteiger partial charge in [0, 0.05) is 18.7 Å². The molecule has 1 aliphatic heterocycles. The minimum atomic E-state index is 0.141. The van der Waals surface area contributed by atoms with Crippen molar-refractivity contribution in [1.82, 2.24) is 15.1 Å². The second-order valence-electron chi connectivity index (χ2n) is 5.78. The Balaban J connectivity index is 1.51. The van der Waals surface area contributed by atoms with Crippen LogP contribution in [0.15, 0.2) is 52.1 Å². The van der Waals surface area contributed by atoms with Crippen molar-refractivity contribution in [1.29, 1.82) is 0 Å². The Labute approximate surface area is 144 Å². The lowest BCUT2D eigenvalue weighted by Crippen LogP contribution is -2.29. The van der Waals surface area contributed by atoms with E-state index in [0.717, 1.165) is 42.3 Å². The third kappa shape index (κ3) is 3.01. The Hall–Kier alpha value is -2.34. The number of likely N-dealkylation sites (tertiary alicyclic amines) is 1. The number of rotatable bonds is 4. The first-order chi connectivity index (χ1) is 11.8. The number of amides is 1. The number of carbonyl (C=O) groups excluding carboxylic acids is 1. The van der Waals surface area contributed by atoms with Gasteiger partial charge in [0.05, 0.1) is 5.75 Å². The molecule has 2 heterocycles. The van der Waals surface area contributed by atoms with Crippen LogP contribution in [0.2, 0.25) is 0 Å². The van der Waals surface area contributed by atoms with Crippen LogP contribution in [-0.2, 0) is 4.79 Å². The molecular weight excluding hydrogens is 322 g/mol. The van der Waals surface area contributed by atoms with Gasteiger partial charge in [0.1, 0.15) is 0 Å². The maximum absolute atomic E-state index is 12.1. The molecule has 1 amide bonds. The molecule has 0 aliphatic carbocycles. The first-order valence-corrected chi connectivity index (χ1v) is 9.02. The molecule has 2 aromatic carbocycles. The zero-order valence-electron chi connectivity index (χ0n) is 13.1. The fraction of sp³-hybridized carbons (Fsp3) is 0.278. The number of nitrogens with zero attached hydrogens (tertiary/aromatic N) is 3. The molecule has 0 bridgehead atoms. The molecular formula is C18H17N3O2S. The fourth-order valence-corrected chi connectivity index (χ4v) is 3.64. The minimum absolute atomic E-state index is 0.141. The first-order valence-electron chi connectivity index (χ1n) is 8.03. The van der Waals surface area contributed by atoms with Crippen molar-refractivity contribution in [2.75, 3.05) is 18.8 Å². The smallest absolute Gasteiger partial charge is 0.277 e. The predicted molar refractivity (Wildman–Crippen MR) is 93.8 cm³/mol. The minimum Gasteiger partial charge on any atom is -0.411 e. The van der Waals surface area contributed by atoms with Crippen LogP contribution in [0.4, 0.5) is 0 Å². The van der Waals surface area contributed by atoms with Gasteiger partial charge in [-0.05, 0) is 29.7 Å². The third-order valence-electron chi connectivity index (χ3n) is 4.20. The molecule has 1 saturated heterocycles. The molecule has 0 spiro atoms. The molecule has 0 N–H and O–H groups in total. The lowest BCUT2D eigenvalue weighted by atomic mass is 10.0. The van der Waals surface area contributed by atoms with Gasteiger partial charge in [-0.25, -0.2) is 0 Å². The van der Waals surface area contributed by atoms with Gasteiger partial charge in [0.25, 0.3) is 5.22 Å². The summed E-state index contributed by atoms with van der Waals surface area (Å²) < 4.78 is 5.76. The molecule has 0 atom stereocenters. The van der Waals surface area contributed by atoms with E-state index in [4.69, 9.17) is 4.42 Å². The fourth-order valence-electron chi connectivity index (χ4n) is 2.97. The maximum atomic E-state index is 12.1. The van der Waals surface area contributed by atoms with Crippen molar-refractivity contribution in [3.05, 3.63) is 42.5 Å². The largest absolute Gasteiger partial charge is 0.411 e. The van der Waals surface area contributed by atoms with Crippen LogP contribution in [0, 0.1) is 0 Å². The van der Waals surface area contributed by atoms with Gasteiger partial charge in [0.15, 0.2) is 0 Å². The lowest BCUT2D eigenvalue weighted by Gasteiger charge is -2.13. The monoisotopic (exact) mass is 339 g/mol. The van der Waals surface area contributed by atoms with Crippen LogP contribution in [0.3, 0.4) is 0 Å². The highest BCUT2D eigenvalue weighted by Crippen LogP contribution is 2.29. The van der Waals surface area contributed by atoms with Crippen molar-refractivity contribution in [2.24, 2.45) is 0 Å². The summed E-state index contributed by atoms with van der Waals surface area (Å²) in [7, 11) is 0. The van der Waals surface area contributed by atoms with Crippen LogP contribution < -0.4 is 0 Å². The highest BCUT2D eigenvalue weighted by atomic mass is 32.2. The normalized spacial score (nSPS) is 14.4. The maximum Gasteiger partial charge on any atom is 0.277 e. The molecule has 4 rings (SSSR count). The predicted octanol–water partition coefficient (Wildman–Crippen LogP) is 3.60. The topological polar surface area (TPSA) is 59.2 Å². The second kappa shape index (κ2) is 6.65. The quantitative estimate of drug-likeness (QED) is 0.680. The third-order valence-corrected chi connectivity index (χ3v) is 5.01. The van der Waals surface area contributed by atoms with E-state index in [9.17, 15) is 4.79 Å². The van der Waals surface area contributed by atoms with Crippen molar-refractivity contribution >= 4 is 28.4 Å². The van der Waals surface area contributed by atoms with Crippen molar-refractivity contribution in [3.8, 4) is 11.5 Å². The molecule has 0 saturated carbocycles. The molecule has 24 heavy (non-hydrogen) atoms. The summed E-state index contributed by atoms with van der Waals surface area (Å²) in [6.45, 7) is 1.73. The number of aromatic nitrogens is 2. The van der Waals surface area contributed by atoms with Gasteiger partial charge in [-0.15, -0.1) is 10.2 Å². The van der Waals surface area contributed by atoms with Gasteiger partial charge in [-0.2, -0.15) is 0 Å². The van der Waals surface area contributed by atoms with E-state index in [2.05, 4.69) is 22.3 Å². The number of hydrogen-bond donors (Lipinski definition) is 0. The van der Waals surface area contributed by atoms with Crippen LogP contribution in [0.25, 0.3) is 22.2 Å². The van der Waals surface area contributed by atoms with E-state index in [1.54, 1.807) is 0 Å². The van der Waals surface area contributed by atoms with Crippen molar-refractivity contribution < 1.29 is 9.21 Å². The summed E-state index contributed by atoms with van der Waals surface area (Å²) in [6, 6.07) is 14.1. The number of carbonyl (C=O) groups is 1. The summed E-state index contributed by atoms with van der Waals surface area (Å²) in [6.07, 6.45) is 2.20. The van der Waals surface area contributed by atoms with Gasteiger partial charge >= 0.3 is 0 Å². The van der Waals surface area contributed by atoms with E-state index in [1.165, 1.54) is 11.8 Å². The number of fused-ring (bicyclic) bond motifs is 1. The zero-order valence-corrected chi connectivity index (χ0v) is 14.0. The Morgan fingerprint density at radius 1 is 1.08 bits per heavy atom. The SMILES string of the molecule is O=C(CSc1nnc(-c2cccc3ccccc23)o1)N1CCCC1. The van der Waals surface area contributed by atoms with Crippen molar-refractivity contribution in [2.45, 2.75) is 18.1 Å². The molecule has 1 aliphatic rings. The Morgan fingerprint density at radius 3 is 2.75 bits per heavy atom. The lowest BCUT2D eigenvalue weighted by molar-refractivity contribution is -0.127. The van der Waals surface area contributed by atoms with Crippen LogP contribution in [-0.4, -0.2) is 39.8 Å². The highest BCUT2D eigenvalue weighted by molar-refractivity contribution is 7.99. The summed E-state index contributed by atoms with van der Waals surface area (Å²) in [5.41, 5.74) is 0.915. The van der Waals surface area contributed by atoms with Crippen molar-refractivity contribution in [3.63, 3.8) is 0 Å². The molecule has 1 aromatic heterocycles. The molecule has 3 aromatic rings. The molecule has 122 valence electrons. The number of benzene rings is 2. The Kier molecular flexibility index (Phi) is 4.21. The molecule has 0 radical (unpaired) electrons. The van der Waals surface area contributed by atoms with Gasteiger partial charge < -0.3 is 9.32 Å². The molecule has 0 unspecified atom stereocenters. The van der Waals surface area contributed by atoms with Gasteiger partial charge in [-0.1, -0.05) is 48.2 Å². The van der Waals surface area contributed by atoms with Gasteiger partial charge in [-0.3, -0.25) is 4.79 Å². The second-order valence-corrected chi connectivity index (χ2v) is 6.70. The summed E-state index contributed by atoms with van der Waals surface area (Å²) in [5, 5.41) is 10.9. The Bertz CT molecular complexity index is 866. The van der Waals surface area contributed by atoms with E-state index in [1.807, 2.05) is 35.2 Å². The summed E-state index contributed by atoms with van der Waals surface area (Å²) in [5.74, 6) is 0.974. The van der Waals surface area contributed by atoms with Crippen LogP contribution in [0.1, 0.15) is 12.8 Å². The van der Waals surface area contributed by atoms with E-state index in [-0.39, 0.29) is 5.91 Å². The molecule has 1 fully saturated rings. The highest BCUT2D eigenvalue weighted by Gasteiger charge is 2.19. The number of hydrogen-bond acceptors (Lipinski definition) is 5. The molecule has 5 nitrogen and oxygen atoms in total. The molecule has 6 heteroatoms. The first kappa shape index (κ1) is 15.2. The summed E-state index contributed by atoms with van der Waals surface area (Å²) in [4.78, 5) is 14.0. The average molecular weight is 339 g/mol. The standard InChI is InChI=1S/C18H17N3O2S/c22-16(21-10-3-4-11-21)12-24-18-20-19-17(23-18)15-9-5-7-13-6-1-2-8-14(13)15/h1-2,5-9H,3-4,10-12H2. The van der Waals surface area contributed by atoms with E-state index >= 15 is 0 Å². The zero-order chi connectivity index (χ0) is 16.4. The van der Waals surface area contributed by atoms with E-state index < -0.39 is 0 Å².